The minimum Gasteiger partial charge on any atom is -0.488 e. The minimum absolute atomic E-state index is 0.0440. The molecule has 0 bridgehead atoms. The van der Waals surface area contributed by atoms with E-state index in [0.717, 1.165) is 11.1 Å². The van der Waals surface area contributed by atoms with Gasteiger partial charge in [0.1, 0.15) is 24.0 Å². The van der Waals surface area contributed by atoms with Crippen molar-refractivity contribution >= 4 is 0 Å². The highest BCUT2D eigenvalue weighted by molar-refractivity contribution is 5.36. The van der Waals surface area contributed by atoms with Crippen molar-refractivity contribution in [3.8, 4) is 5.75 Å². The molecule has 0 spiro atoms. The molecule has 0 saturated heterocycles. The second-order valence-electron chi connectivity index (χ2n) is 4.26. The van der Waals surface area contributed by atoms with Gasteiger partial charge in [0.25, 0.3) is 0 Å². The molecular formula is C15H14F2O. The molecule has 0 heterocycles. The summed E-state index contributed by atoms with van der Waals surface area (Å²) in [6, 6.07) is 9.47. The van der Waals surface area contributed by atoms with Crippen LogP contribution in [0.4, 0.5) is 8.78 Å². The van der Waals surface area contributed by atoms with Crippen molar-refractivity contribution in [3.05, 3.63) is 64.7 Å². The molecule has 0 aliphatic rings. The number of benzene rings is 2. The fraction of sp³-hybridized carbons (Fsp3) is 0.200. The zero-order valence-corrected chi connectivity index (χ0v) is 10.3. The van der Waals surface area contributed by atoms with E-state index in [2.05, 4.69) is 0 Å². The van der Waals surface area contributed by atoms with E-state index in [4.69, 9.17) is 4.74 Å². The molecule has 18 heavy (non-hydrogen) atoms. The van der Waals surface area contributed by atoms with Crippen molar-refractivity contribution in [1.82, 2.24) is 0 Å². The lowest BCUT2D eigenvalue weighted by Crippen LogP contribution is -2.02. The molecule has 0 aliphatic heterocycles. The zero-order chi connectivity index (χ0) is 13.1. The van der Waals surface area contributed by atoms with Crippen molar-refractivity contribution in [1.29, 1.82) is 0 Å². The quantitative estimate of drug-likeness (QED) is 0.792. The molecule has 0 aromatic heterocycles. The second-order valence-corrected chi connectivity index (χ2v) is 4.26. The summed E-state index contributed by atoms with van der Waals surface area (Å²) < 4.78 is 32.3. The van der Waals surface area contributed by atoms with E-state index < -0.39 is 11.6 Å². The summed E-state index contributed by atoms with van der Waals surface area (Å²) in [7, 11) is 0. The van der Waals surface area contributed by atoms with E-state index in [-0.39, 0.29) is 12.2 Å². The van der Waals surface area contributed by atoms with Gasteiger partial charge in [-0.3, -0.25) is 0 Å². The summed E-state index contributed by atoms with van der Waals surface area (Å²) in [5.74, 6) is -0.525. The van der Waals surface area contributed by atoms with Gasteiger partial charge in [0.2, 0.25) is 0 Å². The van der Waals surface area contributed by atoms with Crippen LogP contribution < -0.4 is 4.74 Å². The van der Waals surface area contributed by atoms with Crippen LogP contribution in [0.2, 0.25) is 0 Å². The highest BCUT2D eigenvalue weighted by Crippen LogP contribution is 2.21. The fourth-order valence-electron chi connectivity index (χ4n) is 1.78. The predicted octanol–water partition coefficient (Wildman–Crippen LogP) is 4.16. The number of hydrogen-bond acceptors (Lipinski definition) is 1. The average Bonchev–Trinajstić information content (AvgIpc) is 2.31. The van der Waals surface area contributed by atoms with Crippen LogP contribution >= 0.6 is 0 Å². The predicted molar refractivity (Wildman–Crippen MR) is 66.6 cm³/mol. The first-order chi connectivity index (χ1) is 8.58. The summed E-state index contributed by atoms with van der Waals surface area (Å²) in [5.41, 5.74) is 2.03. The molecule has 2 rings (SSSR count). The third-order valence-corrected chi connectivity index (χ3v) is 2.76. The van der Waals surface area contributed by atoms with Crippen molar-refractivity contribution in [2.75, 3.05) is 0 Å². The van der Waals surface area contributed by atoms with Gasteiger partial charge in [0.05, 0.1) is 5.56 Å². The van der Waals surface area contributed by atoms with Crippen LogP contribution in [0.15, 0.2) is 36.4 Å². The summed E-state index contributed by atoms with van der Waals surface area (Å²) in [6.07, 6.45) is 0. The van der Waals surface area contributed by atoms with Crippen molar-refractivity contribution in [2.24, 2.45) is 0 Å². The molecule has 1 nitrogen and oxygen atoms in total. The summed E-state index contributed by atoms with van der Waals surface area (Å²) in [6.45, 7) is 3.77. The van der Waals surface area contributed by atoms with Gasteiger partial charge < -0.3 is 4.74 Å². The molecule has 2 aromatic carbocycles. The molecule has 0 amide bonds. The molecule has 2 aromatic rings. The fourth-order valence-corrected chi connectivity index (χ4v) is 1.78. The smallest absolute Gasteiger partial charge is 0.132 e. The van der Waals surface area contributed by atoms with Gasteiger partial charge in [0.15, 0.2) is 0 Å². The Morgan fingerprint density at radius 3 is 2.28 bits per heavy atom. The van der Waals surface area contributed by atoms with Crippen LogP contribution in [0.3, 0.4) is 0 Å². The van der Waals surface area contributed by atoms with Crippen LogP contribution in [0.25, 0.3) is 0 Å². The molecule has 0 radical (unpaired) electrons. The van der Waals surface area contributed by atoms with Gasteiger partial charge in [-0.25, -0.2) is 8.78 Å². The number of ether oxygens (including phenoxy) is 1. The SMILES string of the molecule is Cc1ccc(OCc2c(F)cccc2F)c(C)c1. The summed E-state index contributed by atoms with van der Waals surface area (Å²) in [4.78, 5) is 0. The Morgan fingerprint density at radius 1 is 1.00 bits per heavy atom. The second kappa shape index (κ2) is 5.17. The lowest BCUT2D eigenvalue weighted by atomic mass is 10.1. The van der Waals surface area contributed by atoms with Crippen molar-refractivity contribution < 1.29 is 13.5 Å². The van der Waals surface area contributed by atoms with Gasteiger partial charge in [-0.1, -0.05) is 23.8 Å². The maximum absolute atomic E-state index is 13.4. The lowest BCUT2D eigenvalue weighted by molar-refractivity contribution is 0.290. The normalized spacial score (nSPS) is 10.4. The first kappa shape index (κ1) is 12.6. The van der Waals surface area contributed by atoms with E-state index >= 15 is 0 Å². The highest BCUT2D eigenvalue weighted by atomic mass is 19.1. The molecule has 0 fully saturated rings. The van der Waals surface area contributed by atoms with Crippen molar-refractivity contribution in [3.63, 3.8) is 0 Å². The molecule has 0 aliphatic carbocycles. The summed E-state index contributed by atoms with van der Waals surface area (Å²) in [5, 5.41) is 0. The molecule has 0 atom stereocenters. The van der Waals surface area contributed by atoms with E-state index in [0.29, 0.717) is 5.75 Å². The number of hydrogen-bond donors (Lipinski definition) is 0. The van der Waals surface area contributed by atoms with Crippen LogP contribution in [-0.2, 0) is 6.61 Å². The largest absolute Gasteiger partial charge is 0.488 e. The Balaban J connectivity index is 2.16. The van der Waals surface area contributed by atoms with Gasteiger partial charge >= 0.3 is 0 Å². The Labute approximate surface area is 105 Å². The van der Waals surface area contributed by atoms with Gasteiger partial charge in [0, 0.05) is 0 Å². The Morgan fingerprint density at radius 2 is 1.67 bits per heavy atom. The molecular weight excluding hydrogens is 234 g/mol. The number of halogens is 2. The third kappa shape index (κ3) is 2.67. The van der Waals surface area contributed by atoms with E-state index in [1.165, 1.54) is 18.2 Å². The van der Waals surface area contributed by atoms with Crippen LogP contribution in [0.1, 0.15) is 16.7 Å². The first-order valence-electron chi connectivity index (χ1n) is 5.71. The van der Waals surface area contributed by atoms with Crippen molar-refractivity contribution in [2.45, 2.75) is 20.5 Å². The van der Waals surface area contributed by atoms with Crippen LogP contribution in [0, 0.1) is 25.5 Å². The molecule has 3 heteroatoms. The Hall–Kier alpha value is -1.90. The molecule has 0 N–H and O–H groups in total. The Bertz CT molecular complexity index is 544. The van der Waals surface area contributed by atoms with E-state index in [1.807, 2.05) is 32.0 Å². The topological polar surface area (TPSA) is 9.23 Å². The minimum atomic E-state index is -0.584. The number of rotatable bonds is 3. The molecule has 94 valence electrons. The van der Waals surface area contributed by atoms with E-state index in [1.54, 1.807) is 0 Å². The summed E-state index contributed by atoms with van der Waals surface area (Å²) >= 11 is 0. The van der Waals surface area contributed by atoms with Gasteiger partial charge in [-0.05, 0) is 37.6 Å². The monoisotopic (exact) mass is 248 g/mol. The highest BCUT2D eigenvalue weighted by Gasteiger charge is 2.09. The van der Waals surface area contributed by atoms with E-state index in [9.17, 15) is 8.78 Å². The average molecular weight is 248 g/mol. The standard InChI is InChI=1S/C15H14F2O/c1-10-6-7-15(11(2)8-10)18-9-12-13(16)4-3-5-14(12)17/h3-8H,9H2,1-2H3. The molecule has 0 unspecified atom stereocenters. The van der Waals surface area contributed by atoms with Crippen LogP contribution in [0.5, 0.6) is 5.75 Å². The van der Waals surface area contributed by atoms with Gasteiger partial charge in [-0.15, -0.1) is 0 Å². The molecule has 0 saturated carbocycles. The Kier molecular flexibility index (Phi) is 3.60. The number of aryl methyl sites for hydroxylation is 2. The van der Waals surface area contributed by atoms with Gasteiger partial charge in [-0.2, -0.15) is 0 Å². The maximum atomic E-state index is 13.4. The zero-order valence-electron chi connectivity index (χ0n) is 10.3. The third-order valence-electron chi connectivity index (χ3n) is 2.76. The van der Waals surface area contributed by atoms with Crippen LogP contribution in [-0.4, -0.2) is 0 Å². The maximum Gasteiger partial charge on any atom is 0.132 e. The first-order valence-corrected chi connectivity index (χ1v) is 5.71. The lowest BCUT2D eigenvalue weighted by Gasteiger charge is -2.10.